The van der Waals surface area contributed by atoms with Gasteiger partial charge in [0.05, 0.1) is 0 Å². The van der Waals surface area contributed by atoms with E-state index in [1.807, 2.05) is 11.8 Å². The van der Waals surface area contributed by atoms with Gasteiger partial charge in [-0.3, -0.25) is 0 Å². The van der Waals surface area contributed by atoms with E-state index in [9.17, 15) is 0 Å². The first-order valence-electron chi connectivity index (χ1n) is 4.49. The minimum absolute atomic E-state index is 0.888. The zero-order valence-electron chi connectivity index (χ0n) is 7.84. The zero-order valence-corrected chi connectivity index (χ0v) is 8.66. The lowest BCUT2D eigenvalue weighted by molar-refractivity contribution is 0.224. The Hall–Kier alpha value is 0.310. The molecule has 1 nitrogen and oxygen atoms in total. The van der Waals surface area contributed by atoms with Gasteiger partial charge in [-0.15, -0.1) is 0 Å². The van der Waals surface area contributed by atoms with Crippen LogP contribution in [0.25, 0.3) is 0 Å². The van der Waals surface area contributed by atoms with E-state index in [0.717, 1.165) is 11.2 Å². The molecule has 0 aliphatic carbocycles. The lowest BCUT2D eigenvalue weighted by Crippen LogP contribution is -2.39. The molecule has 66 valence electrons. The summed E-state index contributed by atoms with van der Waals surface area (Å²) in [6, 6.07) is 0. The quantitative estimate of drug-likeness (QED) is 0.629. The van der Waals surface area contributed by atoms with Crippen molar-refractivity contribution in [3.05, 3.63) is 0 Å². The van der Waals surface area contributed by atoms with Crippen LogP contribution in [0, 0.1) is 5.92 Å². The number of likely N-dealkylation sites (tertiary alicyclic amines) is 1. The van der Waals surface area contributed by atoms with Gasteiger partial charge in [-0.2, -0.15) is 11.8 Å². The molecule has 0 saturated carbocycles. The van der Waals surface area contributed by atoms with Crippen molar-refractivity contribution in [2.24, 2.45) is 5.92 Å². The first-order valence-corrected chi connectivity index (χ1v) is 5.78. The summed E-state index contributed by atoms with van der Waals surface area (Å²) in [5, 5.41) is 0.888. The Morgan fingerprint density at radius 3 is 2.82 bits per heavy atom. The zero-order chi connectivity index (χ0) is 8.27. The fourth-order valence-corrected chi connectivity index (χ4v) is 2.97. The minimum atomic E-state index is 0.888. The van der Waals surface area contributed by atoms with E-state index in [1.54, 1.807) is 0 Å². The number of piperidine rings is 1. The molecule has 2 heteroatoms. The van der Waals surface area contributed by atoms with Crippen LogP contribution in [0.15, 0.2) is 0 Å². The summed E-state index contributed by atoms with van der Waals surface area (Å²) in [4.78, 5) is 2.45. The summed E-state index contributed by atoms with van der Waals surface area (Å²) in [7, 11) is 2.23. The number of hydrogen-bond donors (Lipinski definition) is 0. The molecule has 0 radical (unpaired) electrons. The lowest BCUT2D eigenvalue weighted by Gasteiger charge is -2.35. The molecule has 0 amide bonds. The summed E-state index contributed by atoms with van der Waals surface area (Å²) >= 11 is 2.04. The van der Waals surface area contributed by atoms with E-state index >= 15 is 0 Å². The second-order valence-electron chi connectivity index (χ2n) is 3.49. The van der Waals surface area contributed by atoms with E-state index < -0.39 is 0 Å². The molecule has 1 fully saturated rings. The van der Waals surface area contributed by atoms with Crippen molar-refractivity contribution in [2.75, 3.05) is 26.4 Å². The van der Waals surface area contributed by atoms with E-state index in [-0.39, 0.29) is 0 Å². The minimum Gasteiger partial charge on any atom is -0.305 e. The van der Waals surface area contributed by atoms with Crippen LogP contribution in [0.1, 0.15) is 19.8 Å². The van der Waals surface area contributed by atoms with Crippen LogP contribution in [0.4, 0.5) is 0 Å². The van der Waals surface area contributed by atoms with Crippen molar-refractivity contribution < 1.29 is 0 Å². The Balaban J connectivity index is 2.41. The third-order valence-electron chi connectivity index (χ3n) is 2.73. The van der Waals surface area contributed by atoms with Crippen LogP contribution in [0.3, 0.4) is 0 Å². The highest BCUT2D eigenvalue weighted by Crippen LogP contribution is 2.27. The van der Waals surface area contributed by atoms with Crippen molar-refractivity contribution >= 4 is 11.8 Å². The summed E-state index contributed by atoms with van der Waals surface area (Å²) in [6.45, 7) is 4.91. The second kappa shape index (κ2) is 4.36. The van der Waals surface area contributed by atoms with Gasteiger partial charge < -0.3 is 4.90 Å². The third kappa shape index (κ3) is 2.38. The van der Waals surface area contributed by atoms with E-state index in [0.29, 0.717) is 0 Å². The predicted molar refractivity (Wildman–Crippen MR) is 53.2 cm³/mol. The molecule has 0 aromatic rings. The van der Waals surface area contributed by atoms with Gasteiger partial charge >= 0.3 is 0 Å². The molecule has 2 atom stereocenters. The summed E-state index contributed by atoms with van der Waals surface area (Å²) in [6.07, 6.45) is 5.00. The Labute approximate surface area is 74.5 Å². The van der Waals surface area contributed by atoms with Crippen LogP contribution < -0.4 is 0 Å². The molecule has 1 aliphatic rings. The standard InChI is InChI=1S/C9H19NS/c1-4-8-5-6-10(2)7-9(8)11-3/h8-9H,4-7H2,1-3H3. The number of hydrogen-bond acceptors (Lipinski definition) is 2. The first-order chi connectivity index (χ1) is 5.27. The molecule has 0 bridgehead atoms. The monoisotopic (exact) mass is 173 g/mol. The Morgan fingerprint density at radius 1 is 1.55 bits per heavy atom. The molecule has 0 aromatic heterocycles. The summed E-state index contributed by atoms with van der Waals surface area (Å²) in [5.41, 5.74) is 0. The molecule has 1 saturated heterocycles. The van der Waals surface area contributed by atoms with Gasteiger partial charge in [-0.1, -0.05) is 13.3 Å². The maximum Gasteiger partial charge on any atom is 0.0200 e. The molecule has 11 heavy (non-hydrogen) atoms. The molecular formula is C9H19NS. The van der Waals surface area contributed by atoms with Crippen LogP contribution in [0.2, 0.25) is 0 Å². The molecular weight excluding hydrogens is 154 g/mol. The maximum atomic E-state index is 2.45. The van der Waals surface area contributed by atoms with E-state index in [4.69, 9.17) is 0 Å². The Morgan fingerprint density at radius 2 is 2.27 bits per heavy atom. The number of rotatable bonds is 2. The number of thioether (sulfide) groups is 1. The molecule has 0 spiro atoms. The summed E-state index contributed by atoms with van der Waals surface area (Å²) in [5.74, 6) is 0.973. The van der Waals surface area contributed by atoms with Gasteiger partial charge in [-0.25, -0.2) is 0 Å². The Bertz CT molecular complexity index is 116. The van der Waals surface area contributed by atoms with Crippen LogP contribution in [0.5, 0.6) is 0 Å². The van der Waals surface area contributed by atoms with Gasteiger partial charge in [-0.05, 0) is 32.2 Å². The van der Waals surface area contributed by atoms with Crippen LogP contribution >= 0.6 is 11.8 Å². The normalized spacial score (nSPS) is 34.1. The van der Waals surface area contributed by atoms with Crippen molar-refractivity contribution in [1.82, 2.24) is 4.90 Å². The lowest BCUT2D eigenvalue weighted by atomic mass is 9.94. The average molecular weight is 173 g/mol. The first kappa shape index (κ1) is 9.40. The van der Waals surface area contributed by atoms with Gasteiger partial charge in [0.2, 0.25) is 0 Å². The summed E-state index contributed by atoms with van der Waals surface area (Å²) < 4.78 is 0. The Kier molecular flexibility index (Phi) is 3.73. The van der Waals surface area contributed by atoms with E-state index in [1.165, 1.54) is 25.9 Å². The van der Waals surface area contributed by atoms with Crippen molar-refractivity contribution in [1.29, 1.82) is 0 Å². The van der Waals surface area contributed by atoms with Gasteiger partial charge in [0.15, 0.2) is 0 Å². The van der Waals surface area contributed by atoms with Gasteiger partial charge in [0.25, 0.3) is 0 Å². The highest BCUT2D eigenvalue weighted by atomic mass is 32.2. The fraction of sp³-hybridized carbons (Fsp3) is 1.00. The maximum absolute atomic E-state index is 2.45. The fourth-order valence-electron chi connectivity index (χ4n) is 1.85. The second-order valence-corrected chi connectivity index (χ2v) is 4.57. The van der Waals surface area contributed by atoms with Gasteiger partial charge in [0, 0.05) is 11.8 Å². The molecule has 1 heterocycles. The van der Waals surface area contributed by atoms with Crippen molar-refractivity contribution in [2.45, 2.75) is 25.0 Å². The van der Waals surface area contributed by atoms with Crippen LogP contribution in [-0.4, -0.2) is 36.5 Å². The predicted octanol–water partition coefficient (Wildman–Crippen LogP) is 2.08. The van der Waals surface area contributed by atoms with E-state index in [2.05, 4.69) is 25.1 Å². The smallest absolute Gasteiger partial charge is 0.0200 e. The highest BCUT2D eigenvalue weighted by Gasteiger charge is 2.24. The van der Waals surface area contributed by atoms with Crippen molar-refractivity contribution in [3.63, 3.8) is 0 Å². The van der Waals surface area contributed by atoms with Gasteiger partial charge in [0.1, 0.15) is 0 Å². The van der Waals surface area contributed by atoms with Crippen molar-refractivity contribution in [3.8, 4) is 0 Å². The molecule has 2 unspecified atom stereocenters. The molecule has 0 N–H and O–H groups in total. The number of nitrogens with zero attached hydrogens (tertiary/aromatic N) is 1. The molecule has 0 aromatic carbocycles. The molecule has 1 rings (SSSR count). The topological polar surface area (TPSA) is 3.24 Å². The highest BCUT2D eigenvalue weighted by molar-refractivity contribution is 7.99. The SMILES string of the molecule is CCC1CCN(C)CC1SC. The largest absolute Gasteiger partial charge is 0.305 e. The third-order valence-corrected chi connectivity index (χ3v) is 3.87. The van der Waals surface area contributed by atoms with Crippen LogP contribution in [-0.2, 0) is 0 Å². The average Bonchev–Trinajstić information content (AvgIpc) is 2.04. The molecule has 1 aliphatic heterocycles.